The minimum atomic E-state index is -1.81. The topological polar surface area (TPSA) is 85.6 Å². The van der Waals surface area contributed by atoms with E-state index in [2.05, 4.69) is 50.2 Å². The van der Waals surface area contributed by atoms with Crippen molar-refractivity contribution < 1.29 is 14.3 Å². The van der Waals surface area contributed by atoms with E-state index >= 15 is 0 Å². The van der Waals surface area contributed by atoms with Crippen molar-refractivity contribution >= 4 is 37.4 Å². The van der Waals surface area contributed by atoms with Crippen molar-refractivity contribution in [2.45, 2.75) is 57.8 Å². The number of anilines is 2. The molecule has 2 N–H and O–H groups in total. The Kier molecular flexibility index (Phi) is 6.46. The highest BCUT2D eigenvalue weighted by atomic mass is 35.5. The number of rotatable bonds is 4. The minimum Gasteiger partial charge on any atom is -0.465 e. The van der Waals surface area contributed by atoms with E-state index in [-0.39, 0.29) is 16.8 Å². The van der Waals surface area contributed by atoms with Crippen LogP contribution < -0.4 is 10.2 Å². The summed E-state index contributed by atoms with van der Waals surface area (Å²) in [5, 5.41) is 21.0. The van der Waals surface area contributed by atoms with Crippen LogP contribution in [0.25, 0.3) is 0 Å². The van der Waals surface area contributed by atoms with Gasteiger partial charge in [-0.1, -0.05) is 32.4 Å². The van der Waals surface area contributed by atoms with Gasteiger partial charge in [0.15, 0.2) is 8.32 Å². The summed E-state index contributed by atoms with van der Waals surface area (Å²) in [4.78, 5) is 13.1. The zero-order chi connectivity index (χ0) is 20.4. The number of nitrogens with one attached hydrogen (secondary N) is 1. The number of nitrogens with zero attached hydrogens (tertiary/aromatic N) is 2. The lowest BCUT2D eigenvalue weighted by Crippen LogP contribution is -2.47. The first-order valence-corrected chi connectivity index (χ1v) is 12.4. The minimum absolute atomic E-state index is 0.173. The average Bonchev–Trinajstić information content (AvgIpc) is 2.56. The van der Waals surface area contributed by atoms with E-state index in [4.69, 9.17) is 21.1 Å². The SMILES string of the molecule is CC(C)(C)[Si](C)(C)OC1CCN(c2cc(C#N)cc(NC(=O)O)c2Cl)CC1. The molecule has 1 saturated heterocycles. The summed E-state index contributed by atoms with van der Waals surface area (Å²) in [5.74, 6) is 0. The third-order valence-electron chi connectivity index (χ3n) is 5.47. The second-order valence-electron chi connectivity index (χ2n) is 8.46. The first-order chi connectivity index (χ1) is 12.4. The molecule has 1 aromatic rings. The van der Waals surface area contributed by atoms with Crippen molar-refractivity contribution in [3.8, 4) is 6.07 Å². The summed E-state index contributed by atoms with van der Waals surface area (Å²) in [6.45, 7) is 12.7. The monoisotopic (exact) mass is 409 g/mol. The molecule has 0 saturated carbocycles. The highest BCUT2D eigenvalue weighted by Gasteiger charge is 2.39. The molecule has 8 heteroatoms. The number of piperidine rings is 1. The Morgan fingerprint density at radius 1 is 1.37 bits per heavy atom. The summed E-state index contributed by atoms with van der Waals surface area (Å²) in [7, 11) is -1.81. The molecule has 2 rings (SSSR count). The van der Waals surface area contributed by atoms with E-state index in [1.807, 2.05) is 0 Å². The molecule has 1 amide bonds. The van der Waals surface area contributed by atoms with Gasteiger partial charge in [-0.05, 0) is 43.1 Å². The largest absolute Gasteiger partial charge is 0.465 e. The molecule has 1 aliphatic heterocycles. The molecule has 1 aromatic carbocycles. The lowest BCUT2D eigenvalue weighted by molar-refractivity contribution is 0.152. The number of carbonyl (C=O) groups is 1. The number of benzene rings is 1. The van der Waals surface area contributed by atoms with Gasteiger partial charge >= 0.3 is 6.09 Å². The lowest BCUT2D eigenvalue weighted by atomic mass is 10.1. The van der Waals surface area contributed by atoms with Gasteiger partial charge in [0.25, 0.3) is 0 Å². The van der Waals surface area contributed by atoms with Gasteiger partial charge < -0.3 is 14.4 Å². The van der Waals surface area contributed by atoms with Gasteiger partial charge in [0.05, 0.1) is 28.0 Å². The van der Waals surface area contributed by atoms with Crippen molar-refractivity contribution in [1.82, 2.24) is 0 Å². The van der Waals surface area contributed by atoms with E-state index in [0.717, 1.165) is 25.9 Å². The van der Waals surface area contributed by atoms with E-state index in [0.29, 0.717) is 16.3 Å². The normalized spacial score (nSPS) is 16.1. The van der Waals surface area contributed by atoms with Crippen molar-refractivity contribution in [2.24, 2.45) is 0 Å². The molecule has 0 aliphatic carbocycles. The molecule has 1 aliphatic rings. The zero-order valence-corrected chi connectivity index (χ0v) is 18.4. The second-order valence-corrected chi connectivity index (χ2v) is 13.6. The van der Waals surface area contributed by atoms with Crippen LogP contribution in [-0.2, 0) is 4.43 Å². The Morgan fingerprint density at radius 2 is 1.96 bits per heavy atom. The maximum atomic E-state index is 11.0. The Balaban J connectivity index is 2.14. The van der Waals surface area contributed by atoms with E-state index < -0.39 is 14.4 Å². The number of carboxylic acid groups (broad SMARTS) is 1. The fraction of sp³-hybridized carbons (Fsp3) is 0.579. The maximum Gasteiger partial charge on any atom is 0.409 e. The average molecular weight is 410 g/mol. The lowest BCUT2D eigenvalue weighted by Gasteiger charge is -2.42. The van der Waals surface area contributed by atoms with Crippen LogP contribution in [0.15, 0.2) is 12.1 Å². The highest BCUT2D eigenvalue weighted by molar-refractivity contribution is 6.74. The van der Waals surface area contributed by atoms with E-state index in [9.17, 15) is 10.1 Å². The summed E-state index contributed by atoms with van der Waals surface area (Å²) in [5.41, 5.74) is 1.29. The van der Waals surface area contributed by atoms with Crippen LogP contribution in [0, 0.1) is 11.3 Å². The molecule has 148 valence electrons. The molecule has 1 heterocycles. The van der Waals surface area contributed by atoms with Gasteiger partial charge in [-0.15, -0.1) is 0 Å². The maximum absolute atomic E-state index is 11.0. The predicted molar refractivity (Wildman–Crippen MR) is 111 cm³/mol. The van der Waals surface area contributed by atoms with Crippen molar-refractivity contribution in [1.29, 1.82) is 5.26 Å². The van der Waals surface area contributed by atoms with Gasteiger partial charge in [-0.25, -0.2) is 4.79 Å². The predicted octanol–water partition coefficient (Wildman–Crippen LogP) is 5.29. The first kappa shape index (κ1) is 21.5. The Bertz CT molecular complexity index is 748. The summed E-state index contributed by atoms with van der Waals surface area (Å²) >= 11 is 6.42. The van der Waals surface area contributed by atoms with Gasteiger partial charge in [0.1, 0.15) is 0 Å². The molecule has 27 heavy (non-hydrogen) atoms. The van der Waals surface area contributed by atoms with Crippen LogP contribution in [-0.4, -0.2) is 38.7 Å². The van der Waals surface area contributed by atoms with Crippen molar-refractivity contribution in [2.75, 3.05) is 23.3 Å². The Labute approximate surface area is 167 Å². The molecule has 1 fully saturated rings. The van der Waals surface area contributed by atoms with Gasteiger partial charge in [0, 0.05) is 19.2 Å². The van der Waals surface area contributed by atoms with Gasteiger partial charge in [-0.3, -0.25) is 5.32 Å². The first-order valence-electron chi connectivity index (χ1n) is 9.11. The van der Waals surface area contributed by atoms with Crippen molar-refractivity contribution in [3.63, 3.8) is 0 Å². The molecule has 0 radical (unpaired) electrons. The van der Waals surface area contributed by atoms with E-state index in [1.54, 1.807) is 6.07 Å². The van der Waals surface area contributed by atoms with Crippen LogP contribution >= 0.6 is 11.6 Å². The Hall–Kier alpha value is -1.75. The van der Waals surface area contributed by atoms with Crippen LogP contribution in [0.5, 0.6) is 0 Å². The molecule has 0 aromatic heterocycles. The molecule has 0 bridgehead atoms. The zero-order valence-electron chi connectivity index (χ0n) is 16.6. The molecule has 0 spiro atoms. The molecular formula is C19H28ClN3O3Si. The van der Waals surface area contributed by atoms with Gasteiger partial charge in [-0.2, -0.15) is 5.26 Å². The molecular weight excluding hydrogens is 382 g/mol. The van der Waals surface area contributed by atoms with Crippen molar-refractivity contribution in [3.05, 3.63) is 22.7 Å². The van der Waals surface area contributed by atoms with E-state index in [1.165, 1.54) is 6.07 Å². The third-order valence-corrected chi connectivity index (χ3v) is 10.4. The standard InChI is InChI=1S/C19H28ClN3O3Si/c1-19(2,3)27(4,5)26-14-6-8-23(9-7-14)16-11-13(12-21)10-15(17(16)20)22-18(24)25/h10-11,14,22H,6-9H2,1-5H3,(H,24,25). The third kappa shape index (κ3) is 5.16. The second kappa shape index (κ2) is 8.09. The quantitative estimate of drug-likeness (QED) is 0.659. The van der Waals surface area contributed by atoms with Crippen LogP contribution in [0.4, 0.5) is 16.2 Å². The summed E-state index contributed by atoms with van der Waals surface area (Å²) < 4.78 is 6.52. The fourth-order valence-corrected chi connectivity index (χ4v) is 4.62. The number of amides is 1. The molecule has 6 nitrogen and oxygen atoms in total. The number of hydrogen-bond donors (Lipinski definition) is 2. The number of hydrogen-bond acceptors (Lipinski definition) is 4. The van der Waals surface area contributed by atoms with Gasteiger partial charge in [0.2, 0.25) is 0 Å². The summed E-state index contributed by atoms with van der Waals surface area (Å²) in [6.07, 6.45) is 0.763. The van der Waals surface area contributed by atoms with Crippen LogP contribution in [0.3, 0.4) is 0 Å². The number of halogens is 1. The molecule has 0 unspecified atom stereocenters. The summed E-state index contributed by atoms with van der Waals surface area (Å²) in [6, 6.07) is 5.23. The fourth-order valence-electron chi connectivity index (χ4n) is 2.92. The molecule has 0 atom stereocenters. The highest BCUT2D eigenvalue weighted by Crippen LogP contribution is 2.40. The smallest absolute Gasteiger partial charge is 0.409 e. The number of nitriles is 1. The Morgan fingerprint density at radius 3 is 2.44 bits per heavy atom. The van der Waals surface area contributed by atoms with Crippen LogP contribution in [0.1, 0.15) is 39.2 Å². The van der Waals surface area contributed by atoms with Crippen LogP contribution in [0.2, 0.25) is 23.2 Å².